The highest BCUT2D eigenvalue weighted by Crippen LogP contribution is 2.29. The van der Waals surface area contributed by atoms with E-state index in [2.05, 4.69) is 0 Å². The SMILES string of the molecule is CC(Cc1cccc(C(F)(F)F)c1)N(O)C(=O)OC(C)(C)C. The van der Waals surface area contributed by atoms with Gasteiger partial charge in [0.2, 0.25) is 0 Å². The van der Waals surface area contributed by atoms with Crippen LogP contribution in [-0.2, 0) is 17.3 Å². The van der Waals surface area contributed by atoms with Crippen LogP contribution < -0.4 is 0 Å². The van der Waals surface area contributed by atoms with Gasteiger partial charge in [0.15, 0.2) is 0 Å². The van der Waals surface area contributed by atoms with Crippen LogP contribution in [0.1, 0.15) is 38.8 Å². The molecule has 0 aromatic heterocycles. The number of carbonyl (C=O) groups excluding carboxylic acids is 1. The van der Waals surface area contributed by atoms with E-state index in [1.807, 2.05) is 0 Å². The maximum absolute atomic E-state index is 12.6. The van der Waals surface area contributed by atoms with E-state index in [1.54, 1.807) is 20.8 Å². The summed E-state index contributed by atoms with van der Waals surface area (Å²) >= 11 is 0. The van der Waals surface area contributed by atoms with E-state index in [0.29, 0.717) is 10.6 Å². The number of amides is 1. The van der Waals surface area contributed by atoms with E-state index in [0.717, 1.165) is 12.1 Å². The van der Waals surface area contributed by atoms with Gasteiger partial charge < -0.3 is 4.74 Å². The van der Waals surface area contributed by atoms with Crippen LogP contribution in [0.5, 0.6) is 0 Å². The Balaban J connectivity index is 2.76. The lowest BCUT2D eigenvalue weighted by Gasteiger charge is -2.27. The average Bonchev–Trinajstić information content (AvgIpc) is 2.35. The number of rotatable bonds is 3. The first kappa shape index (κ1) is 18.3. The van der Waals surface area contributed by atoms with Crippen LogP contribution in [0.4, 0.5) is 18.0 Å². The maximum Gasteiger partial charge on any atom is 0.434 e. The quantitative estimate of drug-likeness (QED) is 0.669. The van der Waals surface area contributed by atoms with Gasteiger partial charge in [0.1, 0.15) is 5.60 Å². The Kier molecular flexibility index (Phi) is 5.45. The lowest BCUT2D eigenvalue weighted by Crippen LogP contribution is -2.40. The molecule has 0 aliphatic rings. The fourth-order valence-electron chi connectivity index (χ4n) is 1.79. The lowest BCUT2D eigenvalue weighted by atomic mass is 10.0. The van der Waals surface area contributed by atoms with E-state index >= 15 is 0 Å². The van der Waals surface area contributed by atoms with Crippen molar-refractivity contribution in [3.63, 3.8) is 0 Å². The molecule has 1 unspecified atom stereocenters. The Labute approximate surface area is 127 Å². The van der Waals surface area contributed by atoms with Crippen molar-refractivity contribution < 1.29 is 27.9 Å². The number of nitrogens with zero attached hydrogens (tertiary/aromatic N) is 1. The van der Waals surface area contributed by atoms with Gasteiger partial charge in [-0.25, -0.2) is 4.79 Å². The molecule has 0 bridgehead atoms. The first-order valence-electron chi connectivity index (χ1n) is 6.77. The summed E-state index contributed by atoms with van der Waals surface area (Å²) in [5.41, 5.74) is -1.17. The van der Waals surface area contributed by atoms with Crippen LogP contribution >= 0.6 is 0 Å². The smallest absolute Gasteiger partial charge is 0.434 e. The van der Waals surface area contributed by atoms with Crippen molar-refractivity contribution in [2.24, 2.45) is 0 Å². The van der Waals surface area contributed by atoms with E-state index < -0.39 is 29.5 Å². The third-order valence-electron chi connectivity index (χ3n) is 2.78. The van der Waals surface area contributed by atoms with Gasteiger partial charge in [0.05, 0.1) is 11.6 Å². The maximum atomic E-state index is 12.6. The second kappa shape index (κ2) is 6.56. The molecule has 0 radical (unpaired) electrons. The molecule has 0 saturated heterocycles. The summed E-state index contributed by atoms with van der Waals surface area (Å²) < 4.78 is 42.9. The van der Waals surface area contributed by atoms with Gasteiger partial charge in [0.25, 0.3) is 0 Å². The summed E-state index contributed by atoms with van der Waals surface area (Å²) in [5, 5.41) is 10.2. The summed E-state index contributed by atoms with van der Waals surface area (Å²) in [7, 11) is 0. The van der Waals surface area contributed by atoms with Crippen LogP contribution in [0, 0.1) is 0 Å². The molecule has 0 fully saturated rings. The highest BCUT2D eigenvalue weighted by Gasteiger charge is 2.31. The highest BCUT2D eigenvalue weighted by molar-refractivity contribution is 5.67. The summed E-state index contributed by atoms with van der Waals surface area (Å²) in [4.78, 5) is 11.7. The number of alkyl halides is 3. The van der Waals surface area contributed by atoms with Crippen LogP contribution in [0.15, 0.2) is 24.3 Å². The molecule has 0 aliphatic carbocycles. The van der Waals surface area contributed by atoms with E-state index in [9.17, 15) is 23.2 Å². The monoisotopic (exact) mass is 319 g/mol. The molecule has 1 atom stereocenters. The zero-order chi connectivity index (χ0) is 17.1. The number of benzene rings is 1. The summed E-state index contributed by atoms with van der Waals surface area (Å²) in [6.45, 7) is 6.47. The zero-order valence-corrected chi connectivity index (χ0v) is 12.9. The van der Waals surface area contributed by atoms with Crippen molar-refractivity contribution in [3.8, 4) is 0 Å². The lowest BCUT2D eigenvalue weighted by molar-refractivity contribution is -0.137. The molecule has 4 nitrogen and oxygen atoms in total. The molecule has 1 aromatic carbocycles. The number of halogens is 3. The molecule has 1 amide bonds. The van der Waals surface area contributed by atoms with Crippen molar-refractivity contribution in [1.29, 1.82) is 0 Å². The second-order valence-electron chi connectivity index (χ2n) is 6.08. The fraction of sp³-hybridized carbons (Fsp3) is 0.533. The van der Waals surface area contributed by atoms with Crippen molar-refractivity contribution in [2.45, 2.75) is 51.9 Å². The Morgan fingerprint density at radius 2 is 1.91 bits per heavy atom. The number of hydrogen-bond acceptors (Lipinski definition) is 3. The minimum Gasteiger partial charge on any atom is -0.442 e. The molecule has 124 valence electrons. The van der Waals surface area contributed by atoms with Gasteiger partial charge in [-0.2, -0.15) is 18.2 Å². The molecule has 1 aromatic rings. The Hall–Kier alpha value is -1.76. The van der Waals surface area contributed by atoms with E-state index in [-0.39, 0.29) is 6.42 Å². The average molecular weight is 319 g/mol. The van der Waals surface area contributed by atoms with Crippen molar-refractivity contribution in [3.05, 3.63) is 35.4 Å². The van der Waals surface area contributed by atoms with Crippen LogP contribution in [-0.4, -0.2) is 28.0 Å². The van der Waals surface area contributed by atoms with Gasteiger partial charge >= 0.3 is 12.3 Å². The standard InChI is InChI=1S/C15H20F3NO3/c1-10(19(21)13(20)22-14(2,3)4)8-11-6-5-7-12(9-11)15(16,17)18/h5-7,9-10,21H,8H2,1-4H3. The Morgan fingerprint density at radius 3 is 2.41 bits per heavy atom. The first-order chi connectivity index (χ1) is 9.90. The van der Waals surface area contributed by atoms with Crippen LogP contribution in [0.2, 0.25) is 0 Å². The Bertz CT molecular complexity index is 523. The van der Waals surface area contributed by atoms with E-state index in [4.69, 9.17) is 4.74 Å². The zero-order valence-electron chi connectivity index (χ0n) is 12.9. The molecule has 0 heterocycles. The fourth-order valence-corrected chi connectivity index (χ4v) is 1.79. The predicted octanol–water partition coefficient (Wildman–Crippen LogP) is 4.26. The molecule has 0 saturated carbocycles. The van der Waals surface area contributed by atoms with Gasteiger partial charge in [-0.05, 0) is 45.7 Å². The normalized spacial score (nSPS) is 13.6. The minimum absolute atomic E-state index is 0.0691. The van der Waals surface area contributed by atoms with Crippen LogP contribution in [0.25, 0.3) is 0 Å². The van der Waals surface area contributed by atoms with Gasteiger partial charge in [-0.15, -0.1) is 0 Å². The highest BCUT2D eigenvalue weighted by atomic mass is 19.4. The topological polar surface area (TPSA) is 49.8 Å². The summed E-state index contributed by atoms with van der Waals surface area (Å²) in [5.74, 6) is 0. The number of ether oxygens (including phenoxy) is 1. The largest absolute Gasteiger partial charge is 0.442 e. The second-order valence-corrected chi connectivity index (χ2v) is 6.08. The molecule has 0 spiro atoms. The molecule has 1 rings (SSSR count). The molecule has 1 N–H and O–H groups in total. The Morgan fingerprint density at radius 1 is 1.32 bits per heavy atom. The molecule has 7 heteroatoms. The number of carbonyl (C=O) groups is 1. The molecular weight excluding hydrogens is 299 g/mol. The minimum atomic E-state index is -4.43. The number of hydrogen-bond donors (Lipinski definition) is 1. The molecular formula is C15H20F3NO3. The molecule has 0 aliphatic heterocycles. The predicted molar refractivity (Wildman–Crippen MR) is 74.5 cm³/mol. The number of hydroxylamine groups is 2. The van der Waals surface area contributed by atoms with Crippen molar-refractivity contribution >= 4 is 6.09 Å². The van der Waals surface area contributed by atoms with Gasteiger partial charge in [-0.1, -0.05) is 18.2 Å². The van der Waals surface area contributed by atoms with Gasteiger partial charge in [-0.3, -0.25) is 5.21 Å². The summed E-state index contributed by atoms with van der Waals surface area (Å²) in [6, 6.07) is 4.05. The summed E-state index contributed by atoms with van der Waals surface area (Å²) in [6.07, 6.45) is -5.30. The molecule has 22 heavy (non-hydrogen) atoms. The van der Waals surface area contributed by atoms with Gasteiger partial charge in [0, 0.05) is 0 Å². The first-order valence-corrected chi connectivity index (χ1v) is 6.77. The van der Waals surface area contributed by atoms with E-state index in [1.165, 1.54) is 19.1 Å². The van der Waals surface area contributed by atoms with Crippen LogP contribution in [0.3, 0.4) is 0 Å². The third kappa shape index (κ3) is 5.55. The van der Waals surface area contributed by atoms with Crippen molar-refractivity contribution in [2.75, 3.05) is 0 Å². The third-order valence-corrected chi connectivity index (χ3v) is 2.78. The van der Waals surface area contributed by atoms with Crippen molar-refractivity contribution in [1.82, 2.24) is 5.06 Å².